The van der Waals surface area contributed by atoms with Crippen molar-refractivity contribution in [2.75, 3.05) is 6.79 Å². The van der Waals surface area contributed by atoms with E-state index in [1.165, 1.54) is 24.4 Å². The number of rotatable bonds is 10. The van der Waals surface area contributed by atoms with Crippen LogP contribution in [0.4, 0.5) is 11.4 Å². The van der Waals surface area contributed by atoms with Crippen molar-refractivity contribution in [1.29, 1.82) is 0 Å². The fourth-order valence-corrected chi connectivity index (χ4v) is 3.97. The van der Waals surface area contributed by atoms with E-state index in [1.807, 2.05) is 0 Å². The number of hydrogen-bond acceptors (Lipinski definition) is 10. The maximum absolute atomic E-state index is 13.1. The topological polar surface area (TPSA) is 185 Å². The summed E-state index contributed by atoms with van der Waals surface area (Å²) in [6.45, 7) is 0.0757. The Labute approximate surface area is 248 Å². The molecule has 0 atom stereocenters. The highest BCUT2D eigenvalue weighted by atomic mass is 16.7. The smallest absolute Gasteiger partial charge is 0.318 e. The van der Waals surface area contributed by atoms with Gasteiger partial charge in [-0.2, -0.15) is 5.10 Å². The second kappa shape index (κ2) is 12.9. The number of nitro groups is 2. The Kier molecular flexibility index (Phi) is 8.52. The van der Waals surface area contributed by atoms with E-state index in [4.69, 9.17) is 14.2 Å². The average molecular weight is 596 g/mol. The third-order valence-corrected chi connectivity index (χ3v) is 6.05. The Hall–Kier alpha value is -6.57. The first-order valence-corrected chi connectivity index (χ1v) is 12.8. The van der Waals surface area contributed by atoms with Gasteiger partial charge >= 0.3 is 5.69 Å². The molecule has 4 aromatic carbocycles. The summed E-state index contributed by atoms with van der Waals surface area (Å²) in [4.78, 5) is 46.8. The Morgan fingerprint density at radius 3 is 2.41 bits per heavy atom. The van der Waals surface area contributed by atoms with Crippen LogP contribution in [-0.2, 0) is 4.79 Å². The number of nitrogens with zero attached hydrogens (tertiary/aromatic N) is 3. The van der Waals surface area contributed by atoms with Crippen molar-refractivity contribution >= 4 is 35.5 Å². The molecule has 1 aliphatic rings. The van der Waals surface area contributed by atoms with E-state index in [0.717, 1.165) is 18.2 Å². The second-order valence-electron chi connectivity index (χ2n) is 9.03. The van der Waals surface area contributed by atoms with Crippen LogP contribution in [0.25, 0.3) is 6.08 Å². The summed E-state index contributed by atoms with van der Waals surface area (Å²) in [5, 5.41) is 29.0. The molecule has 4 aromatic rings. The number of non-ortho nitro benzene ring substituents is 1. The molecule has 14 nitrogen and oxygen atoms in total. The van der Waals surface area contributed by atoms with Crippen LogP contribution in [-0.4, -0.2) is 34.7 Å². The highest BCUT2D eigenvalue weighted by Gasteiger charge is 2.21. The lowest BCUT2D eigenvalue weighted by atomic mass is 10.1. The van der Waals surface area contributed by atoms with Crippen LogP contribution < -0.4 is 25.0 Å². The zero-order chi connectivity index (χ0) is 31.1. The predicted octanol–water partition coefficient (Wildman–Crippen LogP) is 4.95. The first-order chi connectivity index (χ1) is 21.3. The minimum Gasteiger partial charge on any atom is -0.454 e. The number of carbonyl (C=O) groups is 2. The van der Waals surface area contributed by atoms with Gasteiger partial charge in [0.1, 0.15) is 11.4 Å². The minimum absolute atomic E-state index is 0.0757. The number of nitrogens with one attached hydrogen (secondary N) is 2. The number of benzene rings is 4. The molecule has 220 valence electrons. The van der Waals surface area contributed by atoms with Gasteiger partial charge in [0.05, 0.1) is 22.1 Å². The summed E-state index contributed by atoms with van der Waals surface area (Å²) in [5.74, 6) is -0.210. The van der Waals surface area contributed by atoms with Crippen molar-refractivity contribution in [2.45, 2.75) is 0 Å². The van der Waals surface area contributed by atoms with E-state index < -0.39 is 33.0 Å². The summed E-state index contributed by atoms with van der Waals surface area (Å²) in [6, 6.07) is 22.6. The lowest BCUT2D eigenvalue weighted by Crippen LogP contribution is -2.32. The zero-order valence-electron chi connectivity index (χ0n) is 22.5. The second-order valence-corrected chi connectivity index (χ2v) is 9.03. The lowest BCUT2D eigenvalue weighted by molar-refractivity contribution is -0.394. The van der Waals surface area contributed by atoms with Crippen molar-refractivity contribution in [1.82, 2.24) is 10.7 Å². The van der Waals surface area contributed by atoms with Gasteiger partial charge in [-0.15, -0.1) is 0 Å². The molecule has 0 aromatic heterocycles. The summed E-state index contributed by atoms with van der Waals surface area (Å²) in [7, 11) is 0. The molecule has 1 heterocycles. The molecule has 2 amide bonds. The molecule has 2 N–H and O–H groups in total. The average Bonchev–Trinajstić information content (AvgIpc) is 3.49. The fraction of sp³-hybridized carbons (Fsp3) is 0.0333. The zero-order valence-corrected chi connectivity index (χ0v) is 22.5. The summed E-state index contributed by atoms with van der Waals surface area (Å²) in [6.07, 6.45) is 2.76. The Morgan fingerprint density at radius 1 is 0.841 bits per heavy atom. The molecular formula is C30H21N5O9. The molecule has 0 spiro atoms. The molecule has 14 heteroatoms. The van der Waals surface area contributed by atoms with Gasteiger partial charge in [-0.1, -0.05) is 36.4 Å². The van der Waals surface area contributed by atoms with Crippen LogP contribution in [0.15, 0.2) is 102 Å². The number of nitro benzene ring substituents is 2. The lowest BCUT2D eigenvalue weighted by Gasteiger charge is -2.10. The molecular weight excluding hydrogens is 574 g/mol. The van der Waals surface area contributed by atoms with Gasteiger partial charge in [-0.25, -0.2) is 5.43 Å². The van der Waals surface area contributed by atoms with Crippen molar-refractivity contribution < 1.29 is 33.6 Å². The number of hydrazone groups is 1. The number of ether oxygens (including phenoxy) is 3. The first kappa shape index (κ1) is 28.9. The molecule has 0 radical (unpaired) electrons. The molecule has 0 bridgehead atoms. The van der Waals surface area contributed by atoms with E-state index >= 15 is 0 Å². The Morgan fingerprint density at radius 2 is 1.64 bits per heavy atom. The third-order valence-electron chi connectivity index (χ3n) is 6.05. The van der Waals surface area contributed by atoms with Crippen LogP contribution in [0, 0.1) is 20.2 Å². The molecule has 1 aliphatic heterocycles. The molecule has 0 fully saturated rings. The normalized spacial score (nSPS) is 12.0. The van der Waals surface area contributed by atoms with Gasteiger partial charge in [0.25, 0.3) is 17.5 Å². The number of amides is 2. The van der Waals surface area contributed by atoms with Gasteiger partial charge in [-0.3, -0.25) is 29.8 Å². The highest BCUT2D eigenvalue weighted by Crippen LogP contribution is 2.35. The van der Waals surface area contributed by atoms with E-state index in [0.29, 0.717) is 28.2 Å². The standard InChI is InChI=1S/C30H21N5O9/c36-29(21-6-2-1-3-7-21)32-24(14-19-9-11-27-28(15-19)43-18-42-27)30(37)33-31-17-20-5-4-8-23(13-20)44-26-12-10-22(34(38)39)16-25(26)35(40)41/h1-17H,18H2,(H,32,36)(H,33,37)/b24-14+,31-17+. The molecule has 0 saturated carbocycles. The fourth-order valence-electron chi connectivity index (χ4n) is 3.97. The predicted molar refractivity (Wildman–Crippen MR) is 156 cm³/mol. The number of hydrogen-bond donors (Lipinski definition) is 2. The quantitative estimate of drug-likeness (QED) is 0.111. The third kappa shape index (κ3) is 7.01. The van der Waals surface area contributed by atoms with Gasteiger partial charge in [0, 0.05) is 11.6 Å². The van der Waals surface area contributed by atoms with Crippen molar-refractivity contribution in [2.24, 2.45) is 5.10 Å². The SMILES string of the molecule is O=C(N/N=C/c1cccc(Oc2ccc([N+](=O)[O-])cc2[N+](=O)[O-])c1)/C(=C\c1ccc2c(c1)OCO2)NC(=O)c1ccccc1. The molecule has 44 heavy (non-hydrogen) atoms. The van der Waals surface area contributed by atoms with Gasteiger partial charge in [0.15, 0.2) is 11.5 Å². The van der Waals surface area contributed by atoms with E-state index in [-0.39, 0.29) is 24.0 Å². The van der Waals surface area contributed by atoms with Crippen molar-refractivity contribution in [3.8, 4) is 23.0 Å². The largest absolute Gasteiger partial charge is 0.454 e. The monoisotopic (exact) mass is 595 g/mol. The van der Waals surface area contributed by atoms with E-state index in [9.17, 15) is 29.8 Å². The van der Waals surface area contributed by atoms with Crippen LogP contribution in [0.1, 0.15) is 21.5 Å². The van der Waals surface area contributed by atoms with Crippen molar-refractivity contribution in [3.63, 3.8) is 0 Å². The van der Waals surface area contributed by atoms with Crippen LogP contribution in [0.5, 0.6) is 23.0 Å². The maximum Gasteiger partial charge on any atom is 0.318 e. The van der Waals surface area contributed by atoms with Crippen LogP contribution in [0.2, 0.25) is 0 Å². The van der Waals surface area contributed by atoms with Crippen LogP contribution >= 0.6 is 0 Å². The number of fused-ring (bicyclic) bond motifs is 1. The summed E-state index contributed by atoms with van der Waals surface area (Å²) in [5.41, 5.74) is 2.58. The minimum atomic E-state index is -0.783. The highest BCUT2D eigenvalue weighted by molar-refractivity contribution is 6.05. The van der Waals surface area contributed by atoms with Gasteiger partial charge < -0.3 is 19.5 Å². The van der Waals surface area contributed by atoms with Gasteiger partial charge in [0.2, 0.25) is 12.5 Å². The first-order valence-electron chi connectivity index (χ1n) is 12.8. The molecule has 0 unspecified atom stereocenters. The van der Waals surface area contributed by atoms with Crippen LogP contribution in [0.3, 0.4) is 0 Å². The molecule has 5 rings (SSSR count). The summed E-state index contributed by atoms with van der Waals surface area (Å²) < 4.78 is 16.3. The van der Waals surface area contributed by atoms with E-state index in [2.05, 4.69) is 15.8 Å². The van der Waals surface area contributed by atoms with E-state index in [1.54, 1.807) is 60.7 Å². The molecule has 0 saturated heterocycles. The van der Waals surface area contributed by atoms with Gasteiger partial charge in [-0.05, 0) is 59.7 Å². The number of carbonyl (C=O) groups excluding carboxylic acids is 2. The Bertz CT molecular complexity index is 1820. The Balaban J connectivity index is 1.32. The van der Waals surface area contributed by atoms with Crippen molar-refractivity contribution in [3.05, 3.63) is 134 Å². The maximum atomic E-state index is 13.1. The molecule has 0 aliphatic carbocycles. The summed E-state index contributed by atoms with van der Waals surface area (Å²) >= 11 is 0.